The van der Waals surface area contributed by atoms with Crippen LogP contribution >= 0.6 is 12.2 Å². The van der Waals surface area contributed by atoms with Crippen molar-refractivity contribution in [2.24, 2.45) is 0 Å². The van der Waals surface area contributed by atoms with Crippen molar-refractivity contribution in [2.75, 3.05) is 23.3 Å². The molecule has 7 heteroatoms. The van der Waals surface area contributed by atoms with Crippen molar-refractivity contribution in [3.05, 3.63) is 72.3 Å². The molecule has 3 aromatic rings. The van der Waals surface area contributed by atoms with E-state index >= 15 is 0 Å². The maximum absolute atomic E-state index is 6.10. The molecule has 1 atom stereocenters. The largest absolute Gasteiger partial charge is 0.439 e. The molecule has 1 saturated heterocycles. The highest BCUT2D eigenvalue weighted by Gasteiger charge is 2.35. The van der Waals surface area contributed by atoms with E-state index in [0.717, 1.165) is 37.5 Å². The average Bonchev–Trinajstić information content (AvgIpc) is 3.39. The van der Waals surface area contributed by atoms with Gasteiger partial charge < -0.3 is 20.3 Å². The number of aromatic nitrogens is 2. The molecule has 0 bridgehead atoms. The molecule has 1 aromatic heterocycles. The quantitative estimate of drug-likeness (QED) is 0.361. The Labute approximate surface area is 219 Å². The van der Waals surface area contributed by atoms with Gasteiger partial charge in [-0.15, -0.1) is 0 Å². The van der Waals surface area contributed by atoms with E-state index in [1.807, 2.05) is 36.4 Å². The minimum Gasteiger partial charge on any atom is -0.439 e. The highest BCUT2D eigenvalue weighted by atomic mass is 32.1. The van der Waals surface area contributed by atoms with Crippen LogP contribution in [0.1, 0.15) is 57.4 Å². The number of anilines is 2. The zero-order valence-electron chi connectivity index (χ0n) is 21.0. The lowest BCUT2D eigenvalue weighted by Gasteiger charge is -2.34. The molecule has 5 rings (SSSR count). The van der Waals surface area contributed by atoms with Crippen molar-refractivity contribution < 1.29 is 4.74 Å². The molecule has 2 aromatic carbocycles. The maximum Gasteiger partial charge on any atom is 0.234 e. The summed E-state index contributed by atoms with van der Waals surface area (Å²) in [6.45, 7) is 4.02. The predicted molar refractivity (Wildman–Crippen MR) is 150 cm³/mol. The molecule has 6 nitrogen and oxygen atoms in total. The monoisotopic (exact) mass is 501 g/mol. The van der Waals surface area contributed by atoms with Crippen molar-refractivity contribution in [2.45, 2.75) is 63.3 Å². The summed E-state index contributed by atoms with van der Waals surface area (Å²) in [4.78, 5) is 11.8. The summed E-state index contributed by atoms with van der Waals surface area (Å²) in [5.74, 6) is 2.57. The highest BCUT2D eigenvalue weighted by Crippen LogP contribution is 2.40. The molecule has 36 heavy (non-hydrogen) atoms. The molecule has 0 radical (unpaired) electrons. The number of ether oxygens (including phenoxy) is 1. The Morgan fingerprint density at radius 2 is 1.72 bits per heavy atom. The number of rotatable bonds is 7. The van der Waals surface area contributed by atoms with Gasteiger partial charge in [0, 0.05) is 30.6 Å². The minimum atomic E-state index is 0.112. The molecule has 2 aliphatic rings. The van der Waals surface area contributed by atoms with Gasteiger partial charge >= 0.3 is 0 Å². The van der Waals surface area contributed by atoms with Gasteiger partial charge in [0.2, 0.25) is 11.8 Å². The molecular weight excluding hydrogens is 466 g/mol. The zero-order chi connectivity index (χ0) is 24.8. The third-order valence-electron chi connectivity index (χ3n) is 7.51. The Kier molecular flexibility index (Phi) is 7.66. The number of thiocarbonyl (C=S) groups is 1. The first-order chi connectivity index (χ1) is 17.6. The number of para-hydroxylation sites is 1. The molecule has 0 spiro atoms. The van der Waals surface area contributed by atoms with E-state index in [1.165, 1.54) is 37.7 Å². The lowest BCUT2D eigenvalue weighted by Crippen LogP contribution is -2.41. The van der Waals surface area contributed by atoms with Crippen LogP contribution in [-0.2, 0) is 5.41 Å². The van der Waals surface area contributed by atoms with E-state index in [9.17, 15) is 0 Å². The Morgan fingerprint density at radius 3 is 2.44 bits per heavy atom. The van der Waals surface area contributed by atoms with E-state index in [4.69, 9.17) is 21.9 Å². The van der Waals surface area contributed by atoms with Crippen LogP contribution in [0.4, 0.5) is 11.8 Å². The molecule has 2 heterocycles. The van der Waals surface area contributed by atoms with Crippen molar-refractivity contribution in [3.63, 3.8) is 0 Å². The van der Waals surface area contributed by atoms with Crippen LogP contribution in [0, 0.1) is 0 Å². The van der Waals surface area contributed by atoms with Crippen LogP contribution in [0.2, 0.25) is 0 Å². The van der Waals surface area contributed by atoms with E-state index < -0.39 is 0 Å². The fraction of sp³-hybridized carbons (Fsp3) is 0.414. The van der Waals surface area contributed by atoms with E-state index in [1.54, 1.807) is 0 Å². The van der Waals surface area contributed by atoms with Gasteiger partial charge in [-0.3, -0.25) is 0 Å². The van der Waals surface area contributed by atoms with E-state index in [2.05, 4.69) is 57.8 Å². The molecule has 2 N–H and O–H groups in total. The number of benzene rings is 2. The second-order valence-electron chi connectivity index (χ2n) is 10.0. The Morgan fingerprint density at radius 1 is 1.00 bits per heavy atom. The summed E-state index contributed by atoms with van der Waals surface area (Å²) in [5.41, 5.74) is 1.49. The Bertz CT molecular complexity index is 1150. The fourth-order valence-electron chi connectivity index (χ4n) is 5.52. The molecule has 0 amide bonds. The van der Waals surface area contributed by atoms with Gasteiger partial charge in [-0.1, -0.05) is 61.4 Å². The van der Waals surface area contributed by atoms with Gasteiger partial charge in [0.25, 0.3) is 0 Å². The number of hydrogen-bond acceptors (Lipinski definition) is 5. The summed E-state index contributed by atoms with van der Waals surface area (Å²) < 4.78 is 6.10. The lowest BCUT2D eigenvalue weighted by molar-refractivity contribution is 0.435. The number of nitrogens with one attached hydrogen (secondary N) is 2. The Balaban J connectivity index is 1.33. The van der Waals surface area contributed by atoms with Gasteiger partial charge in [-0.05, 0) is 68.9 Å². The number of piperidine rings is 1. The summed E-state index contributed by atoms with van der Waals surface area (Å²) >= 11 is 5.71. The van der Waals surface area contributed by atoms with Crippen LogP contribution in [0.25, 0.3) is 0 Å². The van der Waals surface area contributed by atoms with Crippen molar-refractivity contribution in [3.8, 4) is 11.6 Å². The molecule has 1 aliphatic heterocycles. The summed E-state index contributed by atoms with van der Waals surface area (Å²) in [5, 5.41) is 7.26. The van der Waals surface area contributed by atoms with Crippen molar-refractivity contribution in [1.29, 1.82) is 0 Å². The first-order valence-corrected chi connectivity index (χ1v) is 13.5. The van der Waals surface area contributed by atoms with Crippen LogP contribution in [0.5, 0.6) is 11.6 Å². The van der Waals surface area contributed by atoms with Gasteiger partial charge in [0.05, 0.1) is 0 Å². The zero-order valence-corrected chi connectivity index (χ0v) is 21.8. The Hall–Kier alpha value is -3.19. The van der Waals surface area contributed by atoms with Crippen molar-refractivity contribution >= 4 is 29.1 Å². The highest BCUT2D eigenvalue weighted by molar-refractivity contribution is 7.80. The van der Waals surface area contributed by atoms with E-state index in [-0.39, 0.29) is 5.41 Å². The second kappa shape index (κ2) is 11.2. The molecule has 1 aliphatic carbocycles. The van der Waals surface area contributed by atoms with Crippen LogP contribution in [-0.4, -0.2) is 34.2 Å². The first-order valence-electron chi connectivity index (χ1n) is 13.1. The standard InChI is InChI=1S/C29H35N5OS/c1-22-12-8-11-19-34(22)25-20-26(35-24-15-6-3-7-16-24)32-27(31-25)33-28(36)30-21-29(17-9-10-18-29)23-13-4-2-5-14-23/h2-7,13-16,20,22H,8-12,17-19,21H2,1H3,(H2,30,31,32,33,36)/t22-/m0/s1. The molecule has 1 saturated carbocycles. The normalized spacial score (nSPS) is 19.0. The molecule has 0 unspecified atom stereocenters. The molecule has 188 valence electrons. The maximum atomic E-state index is 6.10. The third-order valence-corrected chi connectivity index (χ3v) is 7.76. The predicted octanol–water partition coefficient (Wildman–Crippen LogP) is 6.45. The molecular formula is C29H35N5OS. The summed E-state index contributed by atoms with van der Waals surface area (Å²) in [6, 6.07) is 22.9. The van der Waals surface area contributed by atoms with Gasteiger partial charge in [-0.2, -0.15) is 9.97 Å². The fourth-order valence-corrected chi connectivity index (χ4v) is 5.69. The van der Waals surface area contributed by atoms with Gasteiger partial charge in [-0.25, -0.2) is 0 Å². The average molecular weight is 502 g/mol. The SMILES string of the molecule is C[C@H]1CCCCN1c1cc(Oc2ccccc2)nc(NC(=S)NCC2(c3ccccc3)CCCC2)n1. The minimum absolute atomic E-state index is 0.112. The van der Waals surface area contributed by atoms with Gasteiger partial charge in [0.1, 0.15) is 11.6 Å². The first kappa shape index (κ1) is 24.5. The van der Waals surface area contributed by atoms with Crippen LogP contribution in [0.3, 0.4) is 0 Å². The van der Waals surface area contributed by atoms with Crippen LogP contribution < -0.4 is 20.3 Å². The van der Waals surface area contributed by atoms with Gasteiger partial charge in [0.15, 0.2) is 5.11 Å². The van der Waals surface area contributed by atoms with Crippen molar-refractivity contribution in [1.82, 2.24) is 15.3 Å². The smallest absolute Gasteiger partial charge is 0.234 e. The molecule has 2 fully saturated rings. The third kappa shape index (κ3) is 5.78. The number of nitrogens with zero attached hydrogens (tertiary/aromatic N) is 3. The van der Waals surface area contributed by atoms with E-state index in [0.29, 0.717) is 23.0 Å². The number of hydrogen-bond donors (Lipinski definition) is 2. The second-order valence-corrected chi connectivity index (χ2v) is 10.4. The lowest BCUT2D eigenvalue weighted by atomic mass is 9.79. The summed E-state index contributed by atoms with van der Waals surface area (Å²) in [6.07, 6.45) is 8.39. The van der Waals surface area contributed by atoms with Crippen LogP contribution in [0.15, 0.2) is 66.7 Å². The summed E-state index contributed by atoms with van der Waals surface area (Å²) in [7, 11) is 0. The topological polar surface area (TPSA) is 62.3 Å².